The molecule has 0 saturated heterocycles. The van der Waals surface area contributed by atoms with Gasteiger partial charge in [0, 0.05) is 22.7 Å². The molecule has 0 radical (unpaired) electrons. The molecule has 1 aliphatic heterocycles. The number of benzene rings is 3. The van der Waals surface area contributed by atoms with Crippen LogP contribution in [0.15, 0.2) is 77.4 Å². The van der Waals surface area contributed by atoms with Gasteiger partial charge < -0.3 is 14.2 Å². The number of cyclic esters (lactones) is 1. The largest absolute Gasteiger partial charge is 0.493 e. The number of non-ortho nitro benzene ring substituents is 1. The molecule has 34 heavy (non-hydrogen) atoms. The summed E-state index contributed by atoms with van der Waals surface area (Å²) in [6, 6.07) is 16.4. The van der Waals surface area contributed by atoms with Gasteiger partial charge in [0.2, 0.25) is 5.90 Å². The first-order valence-corrected chi connectivity index (χ1v) is 10.1. The molecule has 4 rings (SSSR count). The van der Waals surface area contributed by atoms with E-state index in [1.54, 1.807) is 36.4 Å². The van der Waals surface area contributed by atoms with Crippen LogP contribution in [0.5, 0.6) is 11.5 Å². The topological polar surface area (TPSA) is 117 Å². The highest BCUT2D eigenvalue weighted by Gasteiger charge is 2.24. The third-order valence-electron chi connectivity index (χ3n) is 4.70. The molecule has 0 fully saturated rings. The van der Waals surface area contributed by atoms with Gasteiger partial charge in [0.05, 0.1) is 17.6 Å². The molecule has 0 aromatic heterocycles. The van der Waals surface area contributed by atoms with Crippen LogP contribution in [0.3, 0.4) is 0 Å². The van der Waals surface area contributed by atoms with Crippen LogP contribution < -0.4 is 9.47 Å². The van der Waals surface area contributed by atoms with E-state index in [1.807, 2.05) is 0 Å². The van der Waals surface area contributed by atoms with Crippen molar-refractivity contribution >= 4 is 41.2 Å². The molecule has 9 nitrogen and oxygen atoms in total. The third kappa shape index (κ3) is 4.94. The van der Waals surface area contributed by atoms with Crippen molar-refractivity contribution in [1.29, 1.82) is 0 Å². The minimum atomic E-state index is -0.713. The van der Waals surface area contributed by atoms with Crippen LogP contribution in [0, 0.1) is 10.1 Å². The fourth-order valence-corrected chi connectivity index (χ4v) is 3.24. The molecule has 0 N–H and O–H groups in total. The van der Waals surface area contributed by atoms with Gasteiger partial charge in [-0.25, -0.2) is 14.6 Å². The lowest BCUT2D eigenvalue weighted by Gasteiger charge is -2.10. The van der Waals surface area contributed by atoms with Crippen LogP contribution in [0.1, 0.15) is 21.5 Å². The number of nitrogens with zero attached hydrogens (tertiary/aromatic N) is 2. The van der Waals surface area contributed by atoms with E-state index < -0.39 is 16.9 Å². The molecule has 0 unspecified atom stereocenters. The molecule has 170 valence electrons. The number of nitro benzene ring substituents is 1. The first kappa shape index (κ1) is 22.7. The van der Waals surface area contributed by atoms with Crippen LogP contribution in [0.4, 0.5) is 5.69 Å². The summed E-state index contributed by atoms with van der Waals surface area (Å²) in [6.07, 6.45) is 1.50. The highest BCUT2D eigenvalue weighted by Crippen LogP contribution is 2.31. The molecule has 0 aliphatic carbocycles. The van der Waals surface area contributed by atoms with E-state index in [4.69, 9.17) is 25.8 Å². The number of rotatable bonds is 6. The Kier molecular flexibility index (Phi) is 6.37. The first-order chi connectivity index (χ1) is 16.3. The SMILES string of the molecule is COc1cc(/C=C2/N=C(c3cccc(Cl)c3)OC2=O)ccc1OC(=O)c1ccc([N+](=O)[O-])cc1. The van der Waals surface area contributed by atoms with Crippen LogP contribution in [0.2, 0.25) is 5.02 Å². The number of carbonyl (C=O) groups excluding carboxylic acids is 2. The standard InChI is InChI=1S/C24H15ClN2O7/c1-32-21-12-14(11-19-24(29)34-22(26-19)16-3-2-4-17(25)13-16)5-10-20(21)33-23(28)15-6-8-18(9-7-15)27(30)31/h2-13H,1H3/b19-11+. The summed E-state index contributed by atoms with van der Waals surface area (Å²) in [4.78, 5) is 39.1. The molecule has 0 spiro atoms. The highest BCUT2D eigenvalue weighted by atomic mass is 35.5. The predicted octanol–water partition coefficient (Wildman–Crippen LogP) is 4.82. The van der Waals surface area contributed by atoms with Crippen molar-refractivity contribution in [1.82, 2.24) is 0 Å². The summed E-state index contributed by atoms with van der Waals surface area (Å²) >= 11 is 5.98. The van der Waals surface area contributed by atoms with E-state index in [1.165, 1.54) is 43.5 Å². The van der Waals surface area contributed by atoms with E-state index >= 15 is 0 Å². The maximum absolute atomic E-state index is 12.4. The Bertz CT molecular complexity index is 1360. The number of hydrogen-bond acceptors (Lipinski definition) is 8. The monoisotopic (exact) mass is 478 g/mol. The second-order valence-electron chi connectivity index (χ2n) is 6.95. The summed E-state index contributed by atoms with van der Waals surface area (Å²) in [7, 11) is 1.40. The maximum atomic E-state index is 12.4. The average molecular weight is 479 g/mol. The molecule has 0 saturated carbocycles. The maximum Gasteiger partial charge on any atom is 0.363 e. The van der Waals surface area contributed by atoms with Gasteiger partial charge in [0.15, 0.2) is 17.2 Å². The molecule has 10 heteroatoms. The van der Waals surface area contributed by atoms with E-state index in [0.29, 0.717) is 16.1 Å². The Balaban J connectivity index is 1.55. The van der Waals surface area contributed by atoms with Crippen LogP contribution in [-0.2, 0) is 9.53 Å². The smallest absolute Gasteiger partial charge is 0.363 e. The number of nitro groups is 1. The molecular formula is C24H15ClN2O7. The number of halogens is 1. The quantitative estimate of drug-likeness (QED) is 0.164. The molecular weight excluding hydrogens is 464 g/mol. The summed E-state index contributed by atoms with van der Waals surface area (Å²) in [6.45, 7) is 0. The highest BCUT2D eigenvalue weighted by molar-refractivity contribution is 6.31. The Labute approximate surface area is 198 Å². The number of aliphatic imine (C=N–C) groups is 1. The third-order valence-corrected chi connectivity index (χ3v) is 4.93. The summed E-state index contributed by atoms with van der Waals surface area (Å²) in [5.74, 6) is -0.837. The van der Waals surface area contributed by atoms with Crippen molar-refractivity contribution in [2.24, 2.45) is 4.99 Å². The van der Waals surface area contributed by atoms with Crippen LogP contribution in [-0.4, -0.2) is 29.9 Å². The zero-order valence-electron chi connectivity index (χ0n) is 17.6. The number of ether oxygens (including phenoxy) is 3. The normalized spacial score (nSPS) is 13.9. The molecule has 0 atom stereocenters. The van der Waals surface area contributed by atoms with Crippen molar-refractivity contribution in [3.05, 3.63) is 104 Å². The molecule has 0 bridgehead atoms. The summed E-state index contributed by atoms with van der Waals surface area (Å²) in [5, 5.41) is 11.2. The zero-order valence-corrected chi connectivity index (χ0v) is 18.3. The number of methoxy groups -OCH3 is 1. The molecule has 3 aromatic carbocycles. The van der Waals surface area contributed by atoms with Gasteiger partial charge in [-0.05, 0) is 54.1 Å². The lowest BCUT2D eigenvalue weighted by molar-refractivity contribution is -0.384. The Morgan fingerprint density at radius 1 is 1.09 bits per heavy atom. The summed E-state index contributed by atoms with van der Waals surface area (Å²) in [5.41, 5.74) is 1.19. The minimum Gasteiger partial charge on any atom is -0.493 e. The second-order valence-corrected chi connectivity index (χ2v) is 7.39. The van der Waals surface area contributed by atoms with Crippen molar-refractivity contribution in [2.45, 2.75) is 0 Å². The molecule has 1 aliphatic rings. The Morgan fingerprint density at radius 3 is 2.53 bits per heavy atom. The van der Waals surface area contributed by atoms with E-state index in [9.17, 15) is 19.7 Å². The zero-order chi connectivity index (χ0) is 24.2. The van der Waals surface area contributed by atoms with Crippen LogP contribution >= 0.6 is 11.6 Å². The molecule has 3 aromatic rings. The van der Waals surface area contributed by atoms with Gasteiger partial charge in [-0.1, -0.05) is 23.7 Å². The number of hydrogen-bond donors (Lipinski definition) is 0. The van der Waals surface area contributed by atoms with Gasteiger partial charge in [0.1, 0.15) is 0 Å². The van der Waals surface area contributed by atoms with Crippen molar-refractivity contribution in [3.8, 4) is 11.5 Å². The van der Waals surface area contributed by atoms with Crippen LogP contribution in [0.25, 0.3) is 6.08 Å². The van der Waals surface area contributed by atoms with E-state index in [-0.39, 0.29) is 34.3 Å². The van der Waals surface area contributed by atoms with Gasteiger partial charge in [-0.15, -0.1) is 0 Å². The summed E-state index contributed by atoms with van der Waals surface area (Å²) < 4.78 is 15.9. The van der Waals surface area contributed by atoms with Gasteiger partial charge >= 0.3 is 11.9 Å². The van der Waals surface area contributed by atoms with Gasteiger partial charge in [0.25, 0.3) is 5.69 Å². The van der Waals surface area contributed by atoms with Crippen molar-refractivity contribution in [2.75, 3.05) is 7.11 Å². The first-order valence-electron chi connectivity index (χ1n) is 9.77. The lowest BCUT2D eigenvalue weighted by atomic mass is 10.1. The van der Waals surface area contributed by atoms with E-state index in [0.717, 1.165) is 0 Å². The average Bonchev–Trinajstić information content (AvgIpc) is 3.20. The van der Waals surface area contributed by atoms with Gasteiger partial charge in [-0.3, -0.25) is 10.1 Å². The van der Waals surface area contributed by atoms with E-state index in [2.05, 4.69) is 4.99 Å². The predicted molar refractivity (Wildman–Crippen MR) is 123 cm³/mol. The fourth-order valence-electron chi connectivity index (χ4n) is 3.05. The van der Waals surface area contributed by atoms with Crippen molar-refractivity contribution in [3.63, 3.8) is 0 Å². The number of carbonyl (C=O) groups is 2. The van der Waals surface area contributed by atoms with Crippen molar-refractivity contribution < 1.29 is 28.7 Å². The second kappa shape index (κ2) is 9.55. The minimum absolute atomic E-state index is 0.0765. The number of esters is 2. The lowest BCUT2D eigenvalue weighted by Crippen LogP contribution is -2.09. The fraction of sp³-hybridized carbons (Fsp3) is 0.0417. The van der Waals surface area contributed by atoms with Gasteiger partial charge in [-0.2, -0.15) is 0 Å². The molecule has 1 heterocycles. The molecule has 0 amide bonds. The Hall–Kier alpha value is -4.50. The Morgan fingerprint density at radius 2 is 1.85 bits per heavy atom.